The Balaban J connectivity index is 1.03. The highest BCUT2D eigenvalue weighted by molar-refractivity contribution is 6.02. The van der Waals surface area contributed by atoms with Crippen LogP contribution in [0.5, 0.6) is 5.75 Å². The van der Waals surface area contributed by atoms with E-state index in [4.69, 9.17) is 4.74 Å². The van der Waals surface area contributed by atoms with Gasteiger partial charge in [0.2, 0.25) is 0 Å². The zero-order chi connectivity index (χ0) is 32.4. The molecule has 236 valence electrons. The molecule has 0 saturated carbocycles. The number of hydrogen-bond donors (Lipinski definition) is 0. The van der Waals surface area contributed by atoms with E-state index in [0.29, 0.717) is 11.8 Å². The molecule has 0 spiro atoms. The minimum atomic E-state index is -0.0221. The van der Waals surface area contributed by atoms with Gasteiger partial charge in [-0.3, -0.25) is 0 Å². The number of anilines is 1. The topological polar surface area (TPSA) is 17.4 Å². The lowest BCUT2D eigenvalue weighted by Crippen LogP contribution is -2.39. The Labute approximate surface area is 287 Å². The van der Waals surface area contributed by atoms with E-state index in [0.717, 1.165) is 18.6 Å². The fraction of sp³-hybridized carbons (Fsp3) is 0.174. The molecular formula is C46H36N2O. The van der Waals surface area contributed by atoms with Gasteiger partial charge in [0.1, 0.15) is 5.75 Å². The molecule has 49 heavy (non-hydrogen) atoms. The van der Waals surface area contributed by atoms with Crippen molar-refractivity contribution in [2.45, 2.75) is 44.9 Å². The summed E-state index contributed by atoms with van der Waals surface area (Å²) in [5.41, 5.74) is 18.9. The molecule has 0 radical (unpaired) electrons. The van der Waals surface area contributed by atoms with Gasteiger partial charge in [-0.25, -0.2) is 0 Å². The molecule has 5 aliphatic rings. The Bertz CT molecular complexity index is 2490. The van der Waals surface area contributed by atoms with Gasteiger partial charge in [-0.1, -0.05) is 103 Å². The monoisotopic (exact) mass is 632 g/mol. The van der Waals surface area contributed by atoms with Gasteiger partial charge in [0.15, 0.2) is 6.23 Å². The van der Waals surface area contributed by atoms with Crippen LogP contribution in [0.2, 0.25) is 0 Å². The molecule has 3 aliphatic carbocycles. The van der Waals surface area contributed by atoms with E-state index < -0.39 is 0 Å². The average Bonchev–Trinajstić information content (AvgIpc) is 3.91. The van der Waals surface area contributed by atoms with Crippen LogP contribution in [0.25, 0.3) is 33.3 Å². The molecule has 5 aromatic carbocycles. The fourth-order valence-electron chi connectivity index (χ4n) is 9.82. The minimum absolute atomic E-state index is 0.0221. The molecule has 3 heteroatoms. The van der Waals surface area contributed by atoms with E-state index in [9.17, 15) is 0 Å². The summed E-state index contributed by atoms with van der Waals surface area (Å²) in [6.07, 6.45) is 11.1. The molecule has 2 aliphatic heterocycles. The Kier molecular flexibility index (Phi) is 5.59. The molecule has 6 aromatic rings. The molecule has 0 N–H and O–H groups in total. The van der Waals surface area contributed by atoms with E-state index in [1.165, 1.54) is 83.6 Å². The molecule has 11 rings (SSSR count). The van der Waals surface area contributed by atoms with Crippen LogP contribution in [0.3, 0.4) is 0 Å². The van der Waals surface area contributed by atoms with Crippen molar-refractivity contribution in [3.63, 3.8) is 0 Å². The summed E-state index contributed by atoms with van der Waals surface area (Å²) < 4.78 is 9.28. The number of aryl methyl sites for hydroxylation is 1. The van der Waals surface area contributed by atoms with Crippen LogP contribution in [0.1, 0.15) is 51.9 Å². The first-order valence-corrected chi connectivity index (χ1v) is 17.7. The summed E-state index contributed by atoms with van der Waals surface area (Å²) in [7, 11) is 0. The number of allylic oxidation sites excluding steroid dienone is 3. The number of rotatable bonds is 3. The molecule has 0 amide bonds. The van der Waals surface area contributed by atoms with Crippen molar-refractivity contribution in [1.82, 2.24) is 4.57 Å². The number of fused-ring (bicyclic) bond motifs is 11. The highest BCUT2D eigenvalue weighted by Gasteiger charge is 2.53. The molecule has 3 nitrogen and oxygen atoms in total. The fourth-order valence-corrected chi connectivity index (χ4v) is 9.82. The van der Waals surface area contributed by atoms with Crippen molar-refractivity contribution in [1.29, 1.82) is 0 Å². The van der Waals surface area contributed by atoms with Gasteiger partial charge < -0.3 is 14.2 Å². The number of aromatic nitrogens is 1. The molecular weight excluding hydrogens is 597 g/mol. The van der Waals surface area contributed by atoms with Crippen LogP contribution in [-0.4, -0.2) is 16.8 Å². The summed E-state index contributed by atoms with van der Waals surface area (Å²) in [5, 5.41) is 1.33. The number of benzene rings is 5. The van der Waals surface area contributed by atoms with Crippen molar-refractivity contribution in [3.05, 3.63) is 178 Å². The van der Waals surface area contributed by atoms with E-state index in [1.54, 1.807) is 0 Å². The highest BCUT2D eigenvalue weighted by atomic mass is 16.5. The third-order valence-electron chi connectivity index (χ3n) is 11.9. The van der Waals surface area contributed by atoms with Crippen LogP contribution in [0.15, 0.2) is 139 Å². The van der Waals surface area contributed by atoms with Gasteiger partial charge in [-0.15, -0.1) is 0 Å². The number of nitrogens with zero attached hydrogens (tertiary/aromatic N) is 2. The maximum Gasteiger partial charge on any atom is 0.180 e. The number of ether oxygens (including phenoxy) is 1. The second-order valence-corrected chi connectivity index (χ2v) is 14.5. The summed E-state index contributed by atoms with van der Waals surface area (Å²) in [6, 6.07) is 41.0. The first-order chi connectivity index (χ1) is 24.1. The molecule has 3 heterocycles. The average molecular weight is 633 g/mol. The van der Waals surface area contributed by atoms with Gasteiger partial charge in [0.05, 0.1) is 17.5 Å². The smallest absolute Gasteiger partial charge is 0.180 e. The quantitative estimate of drug-likeness (QED) is 0.193. The highest BCUT2D eigenvalue weighted by Crippen LogP contribution is 2.54. The lowest BCUT2D eigenvalue weighted by Gasteiger charge is -2.32. The van der Waals surface area contributed by atoms with Crippen molar-refractivity contribution in [2.75, 3.05) is 4.90 Å². The van der Waals surface area contributed by atoms with Gasteiger partial charge in [0.25, 0.3) is 0 Å². The lowest BCUT2D eigenvalue weighted by molar-refractivity contribution is 0.222. The van der Waals surface area contributed by atoms with E-state index in [1.807, 2.05) is 0 Å². The Morgan fingerprint density at radius 2 is 1.45 bits per heavy atom. The van der Waals surface area contributed by atoms with Crippen LogP contribution in [0.4, 0.5) is 5.69 Å². The second-order valence-electron chi connectivity index (χ2n) is 14.5. The molecule has 4 atom stereocenters. The Morgan fingerprint density at radius 1 is 0.673 bits per heavy atom. The van der Waals surface area contributed by atoms with E-state index in [2.05, 4.69) is 157 Å². The minimum Gasteiger partial charge on any atom is -0.470 e. The maximum atomic E-state index is 6.76. The van der Waals surface area contributed by atoms with Crippen molar-refractivity contribution in [3.8, 4) is 22.6 Å². The Hall–Kier alpha value is -5.54. The molecule has 1 aromatic heterocycles. The van der Waals surface area contributed by atoms with Crippen LogP contribution < -0.4 is 9.64 Å². The van der Waals surface area contributed by atoms with Gasteiger partial charge in [-0.05, 0) is 95.6 Å². The maximum absolute atomic E-state index is 6.76. The zero-order valence-electron chi connectivity index (χ0n) is 27.7. The summed E-state index contributed by atoms with van der Waals surface area (Å²) >= 11 is 0. The van der Waals surface area contributed by atoms with E-state index >= 15 is 0 Å². The van der Waals surface area contributed by atoms with Crippen molar-refractivity contribution < 1.29 is 4.74 Å². The number of para-hydroxylation sites is 2. The Morgan fingerprint density at radius 3 is 2.41 bits per heavy atom. The molecule has 0 bridgehead atoms. The normalized spacial score (nSPS) is 22.2. The predicted octanol–water partition coefficient (Wildman–Crippen LogP) is 10.3. The van der Waals surface area contributed by atoms with Gasteiger partial charge in [-0.2, -0.15) is 0 Å². The zero-order valence-corrected chi connectivity index (χ0v) is 27.7. The van der Waals surface area contributed by atoms with Gasteiger partial charge in [0, 0.05) is 45.9 Å². The largest absolute Gasteiger partial charge is 0.470 e. The first kappa shape index (κ1) is 27.4. The van der Waals surface area contributed by atoms with E-state index in [-0.39, 0.29) is 12.3 Å². The molecule has 1 fully saturated rings. The van der Waals surface area contributed by atoms with Crippen molar-refractivity contribution >= 4 is 22.2 Å². The molecule has 1 saturated heterocycles. The third kappa shape index (κ3) is 3.73. The lowest BCUT2D eigenvalue weighted by atomic mass is 9.83. The first-order valence-electron chi connectivity index (χ1n) is 17.7. The second kappa shape index (κ2) is 9.99. The van der Waals surface area contributed by atoms with Crippen LogP contribution in [0, 0.1) is 12.8 Å². The standard InChI is InChI=1S/C46H36N2O/c1-27-19-21-31(47-39-16-8-5-13-34(39)44-33-12-4-3-11-29(33)24-41(44)47)25-37(27)43-28(2)23-30-20-22-32(26-38(30)43)48-40-17-9-6-14-35(40)45-36-15-7-10-18-42(36)49-46(45)48/h3-22,25-26,35,40,45-46H,23-24H2,1-2H3. The molecule has 4 unspecified atom stereocenters. The SMILES string of the molecule is CC1=C(c2cc(-n3c4c(c5ccccc53)-c3ccccc3C4)ccc2C)c2cc(N3C4C=CC=CC4C4c5ccccc5OC43)ccc2C1. The van der Waals surface area contributed by atoms with Crippen LogP contribution >= 0.6 is 0 Å². The van der Waals surface area contributed by atoms with Gasteiger partial charge >= 0.3 is 0 Å². The number of hydrogen-bond acceptors (Lipinski definition) is 2. The summed E-state index contributed by atoms with van der Waals surface area (Å²) in [6.45, 7) is 4.60. The van der Waals surface area contributed by atoms with Crippen molar-refractivity contribution in [2.24, 2.45) is 5.92 Å². The van der Waals surface area contributed by atoms with Crippen LogP contribution in [-0.2, 0) is 12.8 Å². The predicted molar refractivity (Wildman–Crippen MR) is 200 cm³/mol. The summed E-state index contributed by atoms with van der Waals surface area (Å²) in [5.74, 6) is 1.73. The third-order valence-corrected chi connectivity index (χ3v) is 11.9. The summed E-state index contributed by atoms with van der Waals surface area (Å²) in [4.78, 5) is 2.55.